The van der Waals surface area contributed by atoms with Gasteiger partial charge in [0.05, 0.1) is 0 Å². The van der Waals surface area contributed by atoms with Gasteiger partial charge in [0.15, 0.2) is 17.5 Å². The fraction of sp³-hybridized carbons (Fsp3) is 0. The van der Waals surface area contributed by atoms with Gasteiger partial charge in [0.1, 0.15) is 0 Å². The summed E-state index contributed by atoms with van der Waals surface area (Å²) < 4.78 is 0. The molecule has 0 aliphatic rings. The summed E-state index contributed by atoms with van der Waals surface area (Å²) in [5.74, 6) is 1.87. The van der Waals surface area contributed by atoms with E-state index in [1.165, 1.54) is 43.8 Å². The van der Waals surface area contributed by atoms with Gasteiger partial charge >= 0.3 is 0 Å². The summed E-state index contributed by atoms with van der Waals surface area (Å²) in [5.41, 5.74) is 14.2. The molecular weight excluding hydrogens is 753 g/mol. The summed E-state index contributed by atoms with van der Waals surface area (Å²) in [7, 11) is 0. The first kappa shape index (κ1) is 36.7. The highest BCUT2D eigenvalue weighted by Crippen LogP contribution is 2.35. The van der Waals surface area contributed by atoms with E-state index in [9.17, 15) is 0 Å². The van der Waals surface area contributed by atoms with Gasteiger partial charge in [-0.3, -0.25) is 4.98 Å². The maximum absolute atomic E-state index is 5.11. The highest BCUT2D eigenvalue weighted by molar-refractivity contribution is 6.08. The number of hydrogen-bond acceptors (Lipinski definition) is 4. The zero-order valence-electron chi connectivity index (χ0n) is 33.7. The molecule has 0 unspecified atom stereocenters. The van der Waals surface area contributed by atoms with Crippen molar-refractivity contribution in [2.75, 3.05) is 0 Å². The summed E-state index contributed by atoms with van der Waals surface area (Å²) in [6.07, 6.45) is 3.80. The van der Waals surface area contributed by atoms with Crippen LogP contribution in [0.25, 0.3) is 111 Å². The summed E-state index contributed by atoms with van der Waals surface area (Å²) in [4.78, 5) is 19.7. The van der Waals surface area contributed by atoms with E-state index in [-0.39, 0.29) is 0 Å². The molecule has 0 aliphatic heterocycles. The van der Waals surface area contributed by atoms with Gasteiger partial charge in [-0.1, -0.05) is 188 Å². The molecule has 290 valence electrons. The summed E-state index contributed by atoms with van der Waals surface area (Å²) in [6.45, 7) is 0. The minimum absolute atomic E-state index is 0.620. The van der Waals surface area contributed by atoms with Crippen molar-refractivity contribution in [1.29, 1.82) is 0 Å². The van der Waals surface area contributed by atoms with E-state index in [1.807, 2.05) is 24.5 Å². The van der Waals surface area contributed by atoms with Crippen LogP contribution in [0, 0.1) is 0 Å². The molecule has 0 spiro atoms. The summed E-state index contributed by atoms with van der Waals surface area (Å²) >= 11 is 0. The molecule has 0 bridgehead atoms. The van der Waals surface area contributed by atoms with Crippen molar-refractivity contribution in [1.82, 2.24) is 19.9 Å². The molecule has 2 heterocycles. The van der Waals surface area contributed by atoms with Gasteiger partial charge in [-0.25, -0.2) is 15.0 Å². The van der Waals surface area contributed by atoms with Crippen LogP contribution in [0.3, 0.4) is 0 Å². The van der Waals surface area contributed by atoms with E-state index in [4.69, 9.17) is 15.0 Å². The third kappa shape index (κ3) is 7.31. The highest BCUT2D eigenvalue weighted by Gasteiger charge is 2.15. The van der Waals surface area contributed by atoms with Gasteiger partial charge < -0.3 is 0 Å². The van der Waals surface area contributed by atoms with Crippen molar-refractivity contribution in [2.45, 2.75) is 0 Å². The van der Waals surface area contributed by atoms with E-state index in [0.29, 0.717) is 17.5 Å². The molecule has 4 nitrogen and oxygen atoms in total. The second-order valence-corrected chi connectivity index (χ2v) is 15.5. The summed E-state index contributed by atoms with van der Waals surface area (Å²) in [6, 6.07) is 77.0. The topological polar surface area (TPSA) is 51.6 Å². The Balaban J connectivity index is 0.936. The number of aromatic nitrogens is 4. The highest BCUT2D eigenvalue weighted by atomic mass is 15.0. The Bertz CT molecular complexity index is 3280. The van der Waals surface area contributed by atoms with Crippen LogP contribution in [0.1, 0.15) is 0 Å². The van der Waals surface area contributed by atoms with Crippen molar-refractivity contribution in [3.63, 3.8) is 0 Å². The number of pyridine rings is 1. The Morgan fingerprint density at radius 3 is 1.11 bits per heavy atom. The van der Waals surface area contributed by atoms with E-state index < -0.39 is 0 Å². The zero-order valence-corrected chi connectivity index (χ0v) is 33.7. The van der Waals surface area contributed by atoms with Crippen LogP contribution >= 0.6 is 0 Å². The number of fused-ring (bicyclic) bond motifs is 3. The van der Waals surface area contributed by atoms with Crippen molar-refractivity contribution >= 4 is 21.5 Å². The minimum atomic E-state index is 0.620. The number of hydrogen-bond donors (Lipinski definition) is 0. The quantitative estimate of drug-likeness (QED) is 0.144. The van der Waals surface area contributed by atoms with Crippen LogP contribution in [0.5, 0.6) is 0 Å². The van der Waals surface area contributed by atoms with Gasteiger partial charge in [-0.2, -0.15) is 0 Å². The van der Waals surface area contributed by atoms with Crippen molar-refractivity contribution in [2.24, 2.45) is 0 Å². The van der Waals surface area contributed by atoms with E-state index >= 15 is 0 Å². The van der Waals surface area contributed by atoms with Crippen LogP contribution in [0.15, 0.2) is 231 Å². The molecule has 9 aromatic carbocycles. The lowest BCUT2D eigenvalue weighted by atomic mass is 9.94. The first-order valence-electron chi connectivity index (χ1n) is 20.8. The molecule has 0 atom stereocenters. The first-order chi connectivity index (χ1) is 30.7. The molecule has 0 saturated carbocycles. The van der Waals surface area contributed by atoms with Crippen molar-refractivity contribution < 1.29 is 0 Å². The second-order valence-electron chi connectivity index (χ2n) is 15.5. The van der Waals surface area contributed by atoms with Gasteiger partial charge in [-0.15, -0.1) is 0 Å². The summed E-state index contributed by atoms with van der Waals surface area (Å²) in [5, 5.41) is 4.79. The van der Waals surface area contributed by atoms with Gasteiger partial charge in [-0.05, 0) is 102 Å². The van der Waals surface area contributed by atoms with E-state index in [1.54, 1.807) is 0 Å². The Morgan fingerprint density at radius 1 is 0.226 bits per heavy atom. The van der Waals surface area contributed by atoms with Crippen LogP contribution in [-0.2, 0) is 0 Å². The van der Waals surface area contributed by atoms with E-state index in [2.05, 4.69) is 211 Å². The normalized spacial score (nSPS) is 11.2. The molecule has 0 N–H and O–H groups in total. The Hall–Kier alpha value is -8.34. The fourth-order valence-electron chi connectivity index (χ4n) is 8.32. The third-order valence-electron chi connectivity index (χ3n) is 11.6. The minimum Gasteiger partial charge on any atom is -0.264 e. The molecular formula is C58H38N4. The molecule has 2 aromatic heterocycles. The van der Waals surface area contributed by atoms with Crippen LogP contribution in [0.4, 0.5) is 0 Å². The third-order valence-corrected chi connectivity index (χ3v) is 11.6. The predicted octanol–water partition coefficient (Wildman–Crippen LogP) is 14.9. The number of benzene rings is 9. The molecule has 11 rings (SSSR count). The molecule has 0 radical (unpaired) electrons. The number of nitrogens with zero attached hydrogens (tertiary/aromatic N) is 4. The maximum atomic E-state index is 5.11. The lowest BCUT2D eigenvalue weighted by Crippen LogP contribution is -2.00. The maximum Gasteiger partial charge on any atom is 0.164 e. The molecule has 11 aromatic rings. The molecule has 0 aliphatic carbocycles. The number of rotatable bonds is 8. The van der Waals surface area contributed by atoms with Crippen LogP contribution in [0.2, 0.25) is 0 Å². The van der Waals surface area contributed by atoms with Crippen LogP contribution in [-0.4, -0.2) is 19.9 Å². The van der Waals surface area contributed by atoms with E-state index in [0.717, 1.165) is 50.1 Å². The predicted molar refractivity (Wildman–Crippen MR) is 256 cm³/mol. The SMILES string of the molecule is c1ccc(-c2ccc(-c3nc(-c4ccc(-c5ccccc5)cc4)nc(-c4cccc(-c5cccc(-c6cccc(-c7ccc8c(ccc9ccncc98)c7)c6)c5)c4)n3)cc2)cc1. The van der Waals surface area contributed by atoms with Gasteiger partial charge in [0.25, 0.3) is 0 Å². The lowest BCUT2D eigenvalue weighted by molar-refractivity contribution is 1.07. The van der Waals surface area contributed by atoms with Crippen LogP contribution < -0.4 is 0 Å². The van der Waals surface area contributed by atoms with Gasteiger partial charge in [0, 0.05) is 34.5 Å². The van der Waals surface area contributed by atoms with Crippen molar-refractivity contribution in [3.8, 4) is 89.8 Å². The second kappa shape index (κ2) is 16.0. The Morgan fingerprint density at radius 2 is 0.597 bits per heavy atom. The first-order valence-corrected chi connectivity index (χ1v) is 20.8. The Kier molecular flexibility index (Phi) is 9.49. The molecule has 4 heteroatoms. The molecule has 62 heavy (non-hydrogen) atoms. The smallest absolute Gasteiger partial charge is 0.164 e. The fourth-order valence-corrected chi connectivity index (χ4v) is 8.32. The average molecular weight is 791 g/mol. The largest absolute Gasteiger partial charge is 0.264 e. The Labute approximate surface area is 360 Å². The lowest BCUT2D eigenvalue weighted by Gasteiger charge is -2.12. The zero-order chi connectivity index (χ0) is 41.2. The monoisotopic (exact) mass is 790 g/mol. The van der Waals surface area contributed by atoms with Crippen molar-refractivity contribution in [3.05, 3.63) is 231 Å². The standard InChI is InChI=1S/C58H38N4/c1-3-10-39(11-4-1)41-20-25-44(26-21-41)56-60-57(45-27-22-42(23-28-45)40-12-5-2-6-13-40)62-58(61-56)53-19-9-18-50(37-53)48-16-7-14-46(34-48)47-15-8-17-49(35-47)51-30-31-54-52(36-51)29-24-43-32-33-59-38-55(43)54/h1-38H. The molecule has 0 fully saturated rings. The molecule has 0 amide bonds. The van der Waals surface area contributed by atoms with Gasteiger partial charge in [0.2, 0.25) is 0 Å². The average Bonchev–Trinajstić information content (AvgIpc) is 3.37. The molecule has 0 saturated heterocycles.